The first kappa shape index (κ1) is 21.6. The summed E-state index contributed by atoms with van der Waals surface area (Å²) in [5.41, 5.74) is 2.09. The normalized spacial score (nSPS) is 16.9. The number of unbranched alkanes of at least 4 members (excludes halogenated alkanes) is 1. The Labute approximate surface area is 177 Å². The Kier molecular flexibility index (Phi) is 7.22. The molecule has 30 heavy (non-hydrogen) atoms. The minimum absolute atomic E-state index is 0.0170. The SMILES string of the molecule is CCCCOC(=O)c1ccc(NC(=O)[C@@H]2CC(=O)N([C@@H](C)c3ccccc3)C2)cc1. The highest BCUT2D eigenvalue weighted by molar-refractivity contribution is 5.98. The molecule has 1 saturated heterocycles. The summed E-state index contributed by atoms with van der Waals surface area (Å²) in [4.78, 5) is 38.9. The van der Waals surface area contributed by atoms with Crippen molar-refractivity contribution in [3.8, 4) is 0 Å². The average molecular weight is 408 g/mol. The maximum atomic E-state index is 12.7. The number of esters is 1. The van der Waals surface area contributed by atoms with Gasteiger partial charge in [0.1, 0.15) is 0 Å². The average Bonchev–Trinajstić information content (AvgIpc) is 3.16. The van der Waals surface area contributed by atoms with Gasteiger partial charge in [0, 0.05) is 18.7 Å². The predicted molar refractivity (Wildman–Crippen MR) is 115 cm³/mol. The van der Waals surface area contributed by atoms with Crippen LogP contribution in [0.5, 0.6) is 0 Å². The fourth-order valence-electron chi connectivity index (χ4n) is 3.52. The molecule has 0 bridgehead atoms. The summed E-state index contributed by atoms with van der Waals surface area (Å²) in [6.07, 6.45) is 1.99. The van der Waals surface area contributed by atoms with Gasteiger partial charge in [0.2, 0.25) is 11.8 Å². The van der Waals surface area contributed by atoms with Crippen molar-refractivity contribution < 1.29 is 19.1 Å². The van der Waals surface area contributed by atoms with Crippen molar-refractivity contribution in [2.75, 3.05) is 18.5 Å². The molecular weight excluding hydrogens is 380 g/mol. The Morgan fingerprint density at radius 1 is 1.13 bits per heavy atom. The molecule has 6 heteroatoms. The first-order valence-corrected chi connectivity index (χ1v) is 10.4. The summed E-state index contributed by atoms with van der Waals surface area (Å²) < 4.78 is 5.18. The number of anilines is 1. The zero-order valence-electron chi connectivity index (χ0n) is 17.5. The van der Waals surface area contributed by atoms with Crippen LogP contribution in [0.15, 0.2) is 54.6 Å². The number of carbonyl (C=O) groups is 3. The van der Waals surface area contributed by atoms with Gasteiger partial charge in [-0.25, -0.2) is 4.79 Å². The van der Waals surface area contributed by atoms with Gasteiger partial charge < -0.3 is 15.0 Å². The molecule has 1 heterocycles. The van der Waals surface area contributed by atoms with E-state index in [4.69, 9.17) is 4.74 Å². The lowest BCUT2D eigenvalue weighted by Crippen LogP contribution is -2.30. The standard InChI is InChI=1S/C24H28N2O4/c1-3-4-14-30-24(29)19-10-12-21(13-11-19)25-23(28)20-15-22(27)26(16-20)17(2)18-8-6-5-7-9-18/h5-13,17,20H,3-4,14-16H2,1-2H3,(H,25,28)/t17-,20+/m0/s1. The van der Waals surface area contributed by atoms with Crippen molar-refractivity contribution in [3.05, 3.63) is 65.7 Å². The van der Waals surface area contributed by atoms with E-state index in [9.17, 15) is 14.4 Å². The lowest BCUT2D eigenvalue weighted by atomic mass is 10.1. The second-order valence-corrected chi connectivity index (χ2v) is 7.59. The van der Waals surface area contributed by atoms with Gasteiger partial charge >= 0.3 is 5.97 Å². The molecule has 6 nitrogen and oxygen atoms in total. The Bertz CT molecular complexity index is 880. The molecule has 1 aliphatic rings. The third-order valence-electron chi connectivity index (χ3n) is 5.40. The molecule has 2 aromatic rings. The number of likely N-dealkylation sites (tertiary alicyclic amines) is 1. The highest BCUT2D eigenvalue weighted by atomic mass is 16.5. The number of benzene rings is 2. The molecule has 0 aliphatic carbocycles. The van der Waals surface area contributed by atoms with Crippen LogP contribution in [0.25, 0.3) is 0 Å². The van der Waals surface area contributed by atoms with Crippen molar-refractivity contribution in [3.63, 3.8) is 0 Å². The topological polar surface area (TPSA) is 75.7 Å². The molecule has 0 saturated carbocycles. The van der Waals surface area contributed by atoms with Gasteiger partial charge in [0.25, 0.3) is 0 Å². The molecule has 0 unspecified atom stereocenters. The van der Waals surface area contributed by atoms with E-state index in [1.165, 1.54) is 0 Å². The van der Waals surface area contributed by atoms with Crippen LogP contribution in [-0.2, 0) is 14.3 Å². The van der Waals surface area contributed by atoms with Crippen LogP contribution in [0.2, 0.25) is 0 Å². The van der Waals surface area contributed by atoms with E-state index in [0.717, 1.165) is 18.4 Å². The third-order valence-corrected chi connectivity index (χ3v) is 5.40. The fourth-order valence-corrected chi connectivity index (χ4v) is 3.52. The zero-order chi connectivity index (χ0) is 21.5. The van der Waals surface area contributed by atoms with Crippen LogP contribution in [0, 0.1) is 5.92 Å². The summed E-state index contributed by atoms with van der Waals surface area (Å²) >= 11 is 0. The Balaban J connectivity index is 1.56. The summed E-state index contributed by atoms with van der Waals surface area (Å²) in [5, 5.41) is 2.85. The number of rotatable bonds is 8. The summed E-state index contributed by atoms with van der Waals surface area (Å²) in [6.45, 7) is 4.81. The summed E-state index contributed by atoms with van der Waals surface area (Å²) in [5.74, 6) is -0.975. The van der Waals surface area contributed by atoms with E-state index >= 15 is 0 Å². The molecule has 158 valence electrons. The number of nitrogens with one attached hydrogen (secondary N) is 1. The van der Waals surface area contributed by atoms with E-state index in [-0.39, 0.29) is 30.2 Å². The third kappa shape index (κ3) is 5.26. The number of hydrogen-bond donors (Lipinski definition) is 1. The van der Waals surface area contributed by atoms with Gasteiger partial charge in [-0.3, -0.25) is 9.59 Å². The van der Waals surface area contributed by atoms with Crippen molar-refractivity contribution in [1.29, 1.82) is 0 Å². The molecule has 3 rings (SSSR count). The quantitative estimate of drug-likeness (QED) is 0.525. The molecule has 2 amide bonds. The zero-order valence-corrected chi connectivity index (χ0v) is 17.5. The molecule has 0 aromatic heterocycles. The monoisotopic (exact) mass is 408 g/mol. The van der Waals surface area contributed by atoms with Crippen LogP contribution in [-0.4, -0.2) is 35.8 Å². The fraction of sp³-hybridized carbons (Fsp3) is 0.375. The van der Waals surface area contributed by atoms with Crippen LogP contribution in [0.1, 0.15) is 55.1 Å². The molecule has 2 atom stereocenters. The van der Waals surface area contributed by atoms with Crippen molar-refractivity contribution in [2.24, 2.45) is 5.92 Å². The molecule has 1 fully saturated rings. The summed E-state index contributed by atoms with van der Waals surface area (Å²) in [7, 11) is 0. The highest BCUT2D eigenvalue weighted by Gasteiger charge is 2.37. The van der Waals surface area contributed by atoms with Crippen molar-refractivity contribution in [1.82, 2.24) is 4.90 Å². The van der Waals surface area contributed by atoms with E-state index in [0.29, 0.717) is 24.4 Å². The number of carbonyl (C=O) groups excluding carboxylic acids is 3. The highest BCUT2D eigenvalue weighted by Crippen LogP contribution is 2.29. The molecule has 2 aromatic carbocycles. The van der Waals surface area contributed by atoms with Gasteiger partial charge in [-0.15, -0.1) is 0 Å². The maximum absolute atomic E-state index is 12.7. The molecule has 1 N–H and O–H groups in total. The van der Waals surface area contributed by atoms with E-state index in [2.05, 4.69) is 5.32 Å². The summed E-state index contributed by atoms with van der Waals surface area (Å²) in [6, 6.07) is 16.3. The van der Waals surface area contributed by atoms with Crippen LogP contribution >= 0.6 is 0 Å². The minimum atomic E-state index is -0.401. The predicted octanol–water partition coefficient (Wildman–Crippen LogP) is 4.19. The van der Waals surface area contributed by atoms with Crippen LogP contribution in [0.3, 0.4) is 0 Å². The first-order valence-electron chi connectivity index (χ1n) is 10.4. The molecule has 1 aliphatic heterocycles. The van der Waals surface area contributed by atoms with Crippen molar-refractivity contribution in [2.45, 2.75) is 39.2 Å². The lowest BCUT2D eigenvalue weighted by Gasteiger charge is -2.25. The second-order valence-electron chi connectivity index (χ2n) is 7.59. The lowest BCUT2D eigenvalue weighted by molar-refractivity contribution is -0.129. The van der Waals surface area contributed by atoms with Crippen LogP contribution in [0.4, 0.5) is 5.69 Å². The van der Waals surface area contributed by atoms with Crippen LogP contribution < -0.4 is 5.32 Å². The number of nitrogens with zero attached hydrogens (tertiary/aromatic N) is 1. The van der Waals surface area contributed by atoms with E-state index in [1.54, 1.807) is 29.2 Å². The first-order chi connectivity index (χ1) is 14.5. The minimum Gasteiger partial charge on any atom is -0.462 e. The largest absolute Gasteiger partial charge is 0.462 e. The van der Waals surface area contributed by atoms with Gasteiger partial charge in [0.15, 0.2) is 0 Å². The smallest absolute Gasteiger partial charge is 0.338 e. The maximum Gasteiger partial charge on any atom is 0.338 e. The van der Waals surface area contributed by atoms with Gasteiger partial charge in [-0.05, 0) is 43.2 Å². The molecule has 0 radical (unpaired) electrons. The van der Waals surface area contributed by atoms with Crippen molar-refractivity contribution >= 4 is 23.5 Å². The molecule has 0 spiro atoms. The van der Waals surface area contributed by atoms with Gasteiger partial charge in [0.05, 0.1) is 24.1 Å². The Morgan fingerprint density at radius 3 is 2.50 bits per heavy atom. The molecular formula is C24H28N2O4. The van der Waals surface area contributed by atoms with E-state index in [1.807, 2.05) is 44.2 Å². The van der Waals surface area contributed by atoms with Gasteiger partial charge in [-0.2, -0.15) is 0 Å². The number of hydrogen-bond acceptors (Lipinski definition) is 4. The number of amides is 2. The van der Waals surface area contributed by atoms with E-state index < -0.39 is 5.92 Å². The second kappa shape index (κ2) is 10.1. The Hall–Kier alpha value is -3.15. The van der Waals surface area contributed by atoms with Gasteiger partial charge in [-0.1, -0.05) is 43.7 Å². The number of ether oxygens (including phenoxy) is 1. The Morgan fingerprint density at radius 2 is 1.83 bits per heavy atom.